The topological polar surface area (TPSA) is 58.4 Å². The van der Waals surface area contributed by atoms with Gasteiger partial charge in [0, 0.05) is 18.2 Å². The Balaban J connectivity index is 2.86. The molecule has 0 aliphatic rings. The molecule has 5 heteroatoms. The van der Waals surface area contributed by atoms with E-state index >= 15 is 0 Å². The smallest absolute Gasteiger partial charge is 0.254 e. The molecule has 0 heterocycles. The SMILES string of the molecule is CC(CN(C)C)NC(=O)c1cc(C#CCN)ccc1F. The van der Waals surface area contributed by atoms with Gasteiger partial charge in [-0.05, 0) is 39.2 Å². The first-order chi connectivity index (χ1) is 9.43. The van der Waals surface area contributed by atoms with Crippen LogP contribution in [0.25, 0.3) is 0 Å². The van der Waals surface area contributed by atoms with Gasteiger partial charge < -0.3 is 16.0 Å². The number of amides is 1. The largest absolute Gasteiger partial charge is 0.348 e. The van der Waals surface area contributed by atoms with E-state index in [0.29, 0.717) is 12.1 Å². The van der Waals surface area contributed by atoms with E-state index in [1.54, 1.807) is 0 Å². The second-order valence-corrected chi connectivity index (χ2v) is 4.84. The van der Waals surface area contributed by atoms with E-state index in [4.69, 9.17) is 5.73 Å². The Morgan fingerprint density at radius 2 is 2.20 bits per heavy atom. The monoisotopic (exact) mass is 277 g/mol. The standard InChI is InChI=1S/C15H20FN3O/c1-11(10-19(2)3)18-15(20)13-9-12(5-4-8-17)6-7-14(13)16/h6-7,9,11H,8,10,17H2,1-3H3,(H,18,20). The third-order valence-electron chi connectivity index (χ3n) is 2.56. The number of carbonyl (C=O) groups excluding carboxylic acids is 1. The summed E-state index contributed by atoms with van der Waals surface area (Å²) in [4.78, 5) is 14.0. The van der Waals surface area contributed by atoms with Crippen molar-refractivity contribution >= 4 is 5.91 Å². The average molecular weight is 277 g/mol. The van der Waals surface area contributed by atoms with Gasteiger partial charge in [0.1, 0.15) is 5.82 Å². The van der Waals surface area contributed by atoms with Crippen LogP contribution in [0.3, 0.4) is 0 Å². The summed E-state index contributed by atoms with van der Waals surface area (Å²) in [5.41, 5.74) is 5.86. The fourth-order valence-corrected chi connectivity index (χ4v) is 1.83. The van der Waals surface area contributed by atoms with Crippen LogP contribution < -0.4 is 11.1 Å². The number of carbonyl (C=O) groups is 1. The molecule has 0 radical (unpaired) electrons. The lowest BCUT2D eigenvalue weighted by Crippen LogP contribution is -2.39. The first-order valence-corrected chi connectivity index (χ1v) is 6.38. The first kappa shape index (κ1) is 16.2. The van der Waals surface area contributed by atoms with Crippen LogP contribution in [0.5, 0.6) is 0 Å². The van der Waals surface area contributed by atoms with Gasteiger partial charge in [-0.2, -0.15) is 0 Å². The van der Waals surface area contributed by atoms with Crippen LogP contribution in [0.15, 0.2) is 18.2 Å². The molecule has 1 aromatic rings. The Bertz CT molecular complexity index is 532. The van der Waals surface area contributed by atoms with Crippen molar-refractivity contribution in [2.24, 2.45) is 5.73 Å². The summed E-state index contributed by atoms with van der Waals surface area (Å²) < 4.78 is 13.7. The van der Waals surface area contributed by atoms with Crippen molar-refractivity contribution in [1.82, 2.24) is 10.2 Å². The van der Waals surface area contributed by atoms with E-state index in [1.165, 1.54) is 18.2 Å². The number of halogens is 1. The van der Waals surface area contributed by atoms with Gasteiger partial charge in [0.2, 0.25) is 0 Å². The van der Waals surface area contributed by atoms with Crippen molar-refractivity contribution in [1.29, 1.82) is 0 Å². The van der Waals surface area contributed by atoms with Crippen molar-refractivity contribution in [2.75, 3.05) is 27.2 Å². The molecule has 1 amide bonds. The van der Waals surface area contributed by atoms with Crippen LogP contribution in [0.1, 0.15) is 22.8 Å². The number of rotatable bonds is 4. The maximum atomic E-state index is 13.7. The zero-order chi connectivity index (χ0) is 15.1. The molecule has 0 bridgehead atoms. The molecule has 0 fully saturated rings. The lowest BCUT2D eigenvalue weighted by Gasteiger charge is -2.18. The molecule has 20 heavy (non-hydrogen) atoms. The molecule has 3 N–H and O–H groups in total. The van der Waals surface area contributed by atoms with Crippen LogP contribution in [0.4, 0.5) is 4.39 Å². The van der Waals surface area contributed by atoms with Gasteiger partial charge in [-0.3, -0.25) is 4.79 Å². The number of hydrogen-bond donors (Lipinski definition) is 2. The molecule has 0 saturated heterocycles. The minimum Gasteiger partial charge on any atom is -0.348 e. The minimum atomic E-state index is -0.558. The minimum absolute atomic E-state index is 0.000530. The summed E-state index contributed by atoms with van der Waals surface area (Å²) in [6, 6.07) is 4.13. The van der Waals surface area contributed by atoms with Crippen LogP contribution in [-0.2, 0) is 0 Å². The van der Waals surface area contributed by atoms with E-state index in [2.05, 4.69) is 17.2 Å². The van der Waals surface area contributed by atoms with E-state index in [0.717, 1.165) is 0 Å². The predicted molar refractivity (Wildman–Crippen MR) is 77.8 cm³/mol. The highest BCUT2D eigenvalue weighted by atomic mass is 19.1. The average Bonchev–Trinajstić information content (AvgIpc) is 2.36. The van der Waals surface area contributed by atoms with Gasteiger partial charge in [0.05, 0.1) is 12.1 Å². The number of nitrogens with two attached hydrogens (primary N) is 1. The number of hydrogen-bond acceptors (Lipinski definition) is 3. The number of nitrogens with zero attached hydrogens (tertiary/aromatic N) is 1. The molecular weight excluding hydrogens is 257 g/mol. The maximum Gasteiger partial charge on any atom is 0.254 e. The second-order valence-electron chi connectivity index (χ2n) is 4.84. The van der Waals surface area contributed by atoms with Gasteiger partial charge in [-0.25, -0.2) is 4.39 Å². The van der Waals surface area contributed by atoms with Crippen molar-refractivity contribution in [3.63, 3.8) is 0 Å². The summed E-state index contributed by atoms with van der Waals surface area (Å²) in [6.45, 7) is 2.77. The number of nitrogens with one attached hydrogen (secondary N) is 1. The third kappa shape index (κ3) is 5.00. The van der Waals surface area contributed by atoms with Crippen LogP contribution in [0, 0.1) is 17.7 Å². The van der Waals surface area contributed by atoms with E-state index < -0.39 is 11.7 Å². The molecular formula is C15H20FN3O. The highest BCUT2D eigenvalue weighted by molar-refractivity contribution is 5.95. The molecule has 1 rings (SSSR count). The van der Waals surface area contributed by atoms with Crippen molar-refractivity contribution < 1.29 is 9.18 Å². The fourth-order valence-electron chi connectivity index (χ4n) is 1.83. The number of benzene rings is 1. The molecule has 1 aromatic carbocycles. The molecule has 0 aliphatic heterocycles. The van der Waals surface area contributed by atoms with E-state index in [1.807, 2.05) is 25.9 Å². The van der Waals surface area contributed by atoms with Crippen molar-refractivity contribution in [3.8, 4) is 11.8 Å². The first-order valence-electron chi connectivity index (χ1n) is 6.38. The summed E-state index contributed by atoms with van der Waals surface area (Å²) >= 11 is 0. The zero-order valence-corrected chi connectivity index (χ0v) is 12.0. The van der Waals surface area contributed by atoms with Crippen LogP contribution in [0.2, 0.25) is 0 Å². The Kier molecular flexibility index (Phi) is 6.16. The van der Waals surface area contributed by atoms with Gasteiger partial charge in [-0.15, -0.1) is 0 Å². The Labute approximate surface area is 119 Å². The second kappa shape index (κ2) is 7.63. The van der Waals surface area contributed by atoms with Gasteiger partial charge in [0.25, 0.3) is 5.91 Å². The van der Waals surface area contributed by atoms with Gasteiger partial charge >= 0.3 is 0 Å². The quantitative estimate of drug-likeness (QED) is 0.801. The molecule has 4 nitrogen and oxygen atoms in total. The lowest BCUT2D eigenvalue weighted by molar-refractivity contribution is 0.0930. The Hall–Kier alpha value is -1.90. The number of likely N-dealkylation sites (N-methyl/N-ethyl adjacent to an activating group) is 1. The predicted octanol–water partition coefficient (Wildman–Crippen LogP) is 0.816. The molecule has 0 aromatic heterocycles. The van der Waals surface area contributed by atoms with Crippen LogP contribution in [-0.4, -0.2) is 44.0 Å². The normalized spacial score (nSPS) is 11.7. The van der Waals surface area contributed by atoms with Gasteiger partial charge in [0.15, 0.2) is 0 Å². The highest BCUT2D eigenvalue weighted by Gasteiger charge is 2.14. The molecule has 0 saturated carbocycles. The van der Waals surface area contributed by atoms with Gasteiger partial charge in [-0.1, -0.05) is 11.8 Å². The molecule has 0 spiro atoms. The molecule has 0 aliphatic carbocycles. The molecule has 108 valence electrons. The summed E-state index contributed by atoms with van der Waals surface area (Å²) in [5, 5.41) is 2.76. The fraction of sp³-hybridized carbons (Fsp3) is 0.400. The van der Waals surface area contributed by atoms with E-state index in [-0.39, 0.29) is 18.2 Å². The summed E-state index contributed by atoms with van der Waals surface area (Å²) in [5.74, 6) is 4.46. The highest BCUT2D eigenvalue weighted by Crippen LogP contribution is 2.10. The maximum absolute atomic E-state index is 13.7. The van der Waals surface area contributed by atoms with Crippen molar-refractivity contribution in [3.05, 3.63) is 35.1 Å². The lowest BCUT2D eigenvalue weighted by atomic mass is 10.1. The van der Waals surface area contributed by atoms with E-state index in [9.17, 15) is 9.18 Å². The third-order valence-corrected chi connectivity index (χ3v) is 2.56. The summed E-state index contributed by atoms with van der Waals surface area (Å²) in [6.07, 6.45) is 0. The summed E-state index contributed by atoms with van der Waals surface area (Å²) in [7, 11) is 3.82. The Morgan fingerprint density at radius 3 is 2.80 bits per heavy atom. The Morgan fingerprint density at radius 1 is 1.50 bits per heavy atom. The zero-order valence-electron chi connectivity index (χ0n) is 12.0. The molecule has 1 unspecified atom stereocenters. The van der Waals surface area contributed by atoms with Crippen LogP contribution >= 0.6 is 0 Å². The molecule has 1 atom stereocenters. The van der Waals surface area contributed by atoms with Crippen molar-refractivity contribution in [2.45, 2.75) is 13.0 Å².